The fraction of sp³-hybridized carbons (Fsp3) is 0.0833. The molecule has 1 heterocycles. The normalized spacial score (nSPS) is 11.5. The molecule has 0 aliphatic carbocycles. The minimum atomic E-state index is -0.496. The maximum atomic E-state index is 12.9. The average Bonchev–Trinajstić information content (AvgIpc) is 2.82. The van der Waals surface area contributed by atoms with Crippen molar-refractivity contribution < 1.29 is 4.79 Å². The summed E-state index contributed by atoms with van der Waals surface area (Å²) in [6.07, 6.45) is 0.543. The molecule has 0 fully saturated rings. The largest absolute Gasteiger partial charge is 0.275 e. The molecule has 1 N–H and O–H groups in total. The Hall–Kier alpha value is -3.77. The molecule has 0 bridgehead atoms. The van der Waals surface area contributed by atoms with E-state index in [4.69, 9.17) is 11.6 Å². The number of hydrogen-bond acceptors (Lipinski definition) is 4. The monoisotopic (exact) mass is 430 g/mol. The smallest absolute Gasteiger partial charge is 0.271 e. The first-order chi connectivity index (χ1) is 15.1. The third-order valence-electron chi connectivity index (χ3n) is 4.74. The molecule has 4 rings (SSSR count). The molecule has 1 amide bonds. The van der Waals surface area contributed by atoms with Crippen molar-refractivity contribution in [2.75, 3.05) is 0 Å². The topological polar surface area (TPSA) is 76.3 Å². The molecule has 7 heteroatoms. The number of aromatic nitrogens is 2. The first-order valence-corrected chi connectivity index (χ1v) is 10.1. The number of nitrogens with zero attached hydrogens (tertiary/aromatic N) is 3. The van der Waals surface area contributed by atoms with Gasteiger partial charge in [0.05, 0.1) is 11.1 Å². The molecule has 6 nitrogen and oxygen atoms in total. The summed E-state index contributed by atoms with van der Waals surface area (Å²) in [6.45, 7) is -0.270. The molecule has 0 radical (unpaired) electrons. The van der Waals surface area contributed by atoms with Crippen LogP contribution in [-0.2, 0) is 17.8 Å². The minimum absolute atomic E-state index is 0.150. The summed E-state index contributed by atoms with van der Waals surface area (Å²) in [6, 6.07) is 26.2. The third-order valence-corrected chi connectivity index (χ3v) is 5.05. The molecule has 31 heavy (non-hydrogen) atoms. The summed E-state index contributed by atoms with van der Waals surface area (Å²) in [5.74, 6) is -0.496. The summed E-state index contributed by atoms with van der Waals surface area (Å²) < 4.78 is 1.17. The third kappa shape index (κ3) is 4.87. The Morgan fingerprint density at radius 1 is 0.903 bits per heavy atom. The molecule has 1 aromatic heterocycles. The lowest BCUT2D eigenvalue weighted by Gasteiger charge is -2.11. The number of carbonyl (C=O) groups is 1. The van der Waals surface area contributed by atoms with Crippen LogP contribution in [0, 0.1) is 0 Å². The number of benzene rings is 3. The highest BCUT2D eigenvalue weighted by Crippen LogP contribution is 2.17. The van der Waals surface area contributed by atoms with Gasteiger partial charge in [0.15, 0.2) is 5.17 Å². The second kappa shape index (κ2) is 9.36. The second-order valence-corrected chi connectivity index (χ2v) is 7.28. The maximum absolute atomic E-state index is 12.9. The van der Waals surface area contributed by atoms with Crippen LogP contribution in [0.5, 0.6) is 0 Å². The van der Waals surface area contributed by atoms with Crippen molar-refractivity contribution in [3.8, 4) is 0 Å². The molecule has 0 unspecified atom stereocenters. The number of hydrogen-bond donors (Lipinski definition) is 1. The molecule has 0 aliphatic heterocycles. The van der Waals surface area contributed by atoms with Crippen molar-refractivity contribution in [1.82, 2.24) is 15.2 Å². The predicted molar refractivity (Wildman–Crippen MR) is 122 cm³/mol. The van der Waals surface area contributed by atoms with E-state index in [2.05, 4.69) is 15.6 Å². The van der Waals surface area contributed by atoms with Crippen LogP contribution in [0.3, 0.4) is 0 Å². The van der Waals surface area contributed by atoms with Gasteiger partial charge < -0.3 is 0 Å². The van der Waals surface area contributed by atoms with Crippen LogP contribution in [0.15, 0.2) is 94.8 Å². The van der Waals surface area contributed by atoms with Gasteiger partial charge in [-0.3, -0.25) is 9.59 Å². The predicted octanol–water partition coefficient (Wildman–Crippen LogP) is 3.70. The summed E-state index contributed by atoms with van der Waals surface area (Å²) in [5, 5.41) is 9.84. The van der Waals surface area contributed by atoms with Crippen molar-refractivity contribution in [1.29, 1.82) is 0 Å². The number of halogens is 1. The number of hydrazone groups is 1. The quantitative estimate of drug-likeness (QED) is 0.374. The molecule has 0 atom stereocenters. The van der Waals surface area contributed by atoms with Crippen molar-refractivity contribution in [3.05, 3.63) is 112 Å². The molecule has 4 aromatic rings. The summed E-state index contributed by atoms with van der Waals surface area (Å²) in [7, 11) is 0. The zero-order valence-electron chi connectivity index (χ0n) is 16.5. The van der Waals surface area contributed by atoms with Crippen molar-refractivity contribution in [2.24, 2.45) is 5.10 Å². The Labute approximate surface area is 183 Å². The molecule has 0 aliphatic rings. The fourth-order valence-electron chi connectivity index (χ4n) is 3.26. The van der Waals surface area contributed by atoms with Gasteiger partial charge in [-0.15, -0.1) is 0 Å². The Morgan fingerprint density at radius 3 is 2.23 bits per heavy atom. The zero-order chi connectivity index (χ0) is 21.6. The van der Waals surface area contributed by atoms with Crippen LogP contribution >= 0.6 is 11.6 Å². The number of rotatable bonds is 6. The van der Waals surface area contributed by atoms with Crippen molar-refractivity contribution in [3.63, 3.8) is 0 Å². The van der Waals surface area contributed by atoms with Gasteiger partial charge >= 0.3 is 0 Å². The Kier molecular flexibility index (Phi) is 6.19. The van der Waals surface area contributed by atoms with E-state index >= 15 is 0 Å². The highest BCUT2D eigenvalue weighted by molar-refractivity contribution is 6.69. The van der Waals surface area contributed by atoms with E-state index in [0.717, 1.165) is 16.6 Å². The van der Waals surface area contributed by atoms with Gasteiger partial charge in [-0.25, -0.2) is 10.1 Å². The molecule has 154 valence electrons. The average molecular weight is 431 g/mol. The van der Waals surface area contributed by atoms with Crippen LogP contribution in [-0.4, -0.2) is 20.9 Å². The van der Waals surface area contributed by atoms with E-state index in [0.29, 0.717) is 17.4 Å². The van der Waals surface area contributed by atoms with Gasteiger partial charge in [-0.1, -0.05) is 90.5 Å². The molecule has 0 saturated carbocycles. The van der Waals surface area contributed by atoms with Crippen LogP contribution in [0.2, 0.25) is 0 Å². The van der Waals surface area contributed by atoms with Crippen LogP contribution in [0.25, 0.3) is 10.8 Å². The van der Waals surface area contributed by atoms with Gasteiger partial charge in [0.25, 0.3) is 11.5 Å². The van der Waals surface area contributed by atoms with Gasteiger partial charge in [0.2, 0.25) is 0 Å². The summed E-state index contributed by atoms with van der Waals surface area (Å²) in [5.41, 5.74) is 4.52. The highest BCUT2D eigenvalue weighted by atomic mass is 35.5. The van der Waals surface area contributed by atoms with Gasteiger partial charge in [0, 0.05) is 17.4 Å². The Morgan fingerprint density at radius 2 is 1.52 bits per heavy atom. The van der Waals surface area contributed by atoms with E-state index in [1.807, 2.05) is 60.7 Å². The van der Waals surface area contributed by atoms with E-state index in [1.54, 1.807) is 24.3 Å². The van der Waals surface area contributed by atoms with Crippen molar-refractivity contribution in [2.45, 2.75) is 13.0 Å². The number of nitrogens with one attached hydrogen (secondary N) is 1. The van der Waals surface area contributed by atoms with Gasteiger partial charge in [-0.2, -0.15) is 10.2 Å². The highest BCUT2D eigenvalue weighted by Gasteiger charge is 2.13. The number of fused-ring (bicyclic) bond motifs is 1. The molecule has 3 aromatic carbocycles. The zero-order valence-corrected chi connectivity index (χ0v) is 17.3. The molecule has 0 spiro atoms. The minimum Gasteiger partial charge on any atom is -0.271 e. The van der Waals surface area contributed by atoms with Gasteiger partial charge in [0.1, 0.15) is 6.54 Å². The first-order valence-electron chi connectivity index (χ1n) is 9.72. The van der Waals surface area contributed by atoms with Crippen LogP contribution < -0.4 is 11.0 Å². The Bertz CT molecular complexity index is 1300. The Balaban J connectivity index is 1.60. The second-order valence-electron chi connectivity index (χ2n) is 6.92. The lowest BCUT2D eigenvalue weighted by molar-refractivity contribution is -0.121. The summed E-state index contributed by atoms with van der Waals surface area (Å²) in [4.78, 5) is 25.3. The lowest BCUT2D eigenvalue weighted by Crippen LogP contribution is -2.32. The number of carbonyl (C=O) groups excluding carboxylic acids is 1. The van der Waals surface area contributed by atoms with E-state index < -0.39 is 5.91 Å². The standard InChI is InChI=1S/C24H19ClN4O2/c25-23(18-11-5-2-6-12-18)27-26-22(30)16-29-24(31)20-14-8-7-13-19(20)21(28-29)15-17-9-3-1-4-10-17/h1-14H,15-16H2,(H,26,30)/b27-23+. The molecule has 0 saturated heterocycles. The lowest BCUT2D eigenvalue weighted by atomic mass is 10.0. The van der Waals surface area contributed by atoms with Crippen LogP contribution in [0.4, 0.5) is 0 Å². The van der Waals surface area contributed by atoms with Crippen molar-refractivity contribution >= 4 is 33.5 Å². The van der Waals surface area contributed by atoms with Crippen LogP contribution in [0.1, 0.15) is 16.8 Å². The van der Waals surface area contributed by atoms with E-state index in [-0.39, 0.29) is 17.3 Å². The molecular weight excluding hydrogens is 412 g/mol. The summed E-state index contributed by atoms with van der Waals surface area (Å²) >= 11 is 6.13. The molecular formula is C24H19ClN4O2. The van der Waals surface area contributed by atoms with E-state index in [9.17, 15) is 9.59 Å². The van der Waals surface area contributed by atoms with E-state index in [1.165, 1.54) is 4.68 Å². The van der Waals surface area contributed by atoms with Gasteiger partial charge in [-0.05, 0) is 11.6 Å². The number of amides is 1. The SMILES string of the molecule is O=C(Cn1nc(Cc2ccccc2)c2ccccc2c1=O)N/N=C(/Cl)c1ccccc1. The fourth-order valence-corrected chi connectivity index (χ4v) is 3.42. The maximum Gasteiger partial charge on any atom is 0.275 e. The first kappa shape index (κ1) is 20.5.